The van der Waals surface area contributed by atoms with Crippen molar-refractivity contribution in [1.29, 1.82) is 0 Å². The lowest BCUT2D eigenvalue weighted by Crippen LogP contribution is -2.08. The number of hydrogen-bond acceptors (Lipinski definition) is 1. The Morgan fingerprint density at radius 1 is 1.05 bits per heavy atom. The minimum Gasteiger partial charge on any atom is -0.292 e. The Morgan fingerprint density at radius 2 is 1.68 bits per heavy atom. The van der Waals surface area contributed by atoms with Gasteiger partial charge in [0.05, 0.1) is 0 Å². The first kappa shape index (κ1) is 13.8. The van der Waals surface area contributed by atoms with Gasteiger partial charge in [-0.2, -0.15) is 0 Å². The highest BCUT2D eigenvalue weighted by atomic mass is 35.5. The number of carbonyl (C=O) groups is 1. The van der Waals surface area contributed by atoms with Crippen LogP contribution in [0.2, 0.25) is 0 Å². The number of ketones is 1. The van der Waals surface area contributed by atoms with Crippen molar-refractivity contribution in [3.63, 3.8) is 0 Å². The number of halogens is 2. The van der Waals surface area contributed by atoms with Crippen LogP contribution in [0.25, 0.3) is 0 Å². The van der Waals surface area contributed by atoms with Crippen LogP contribution in [-0.2, 0) is 0 Å². The Bertz CT molecular complexity index is 605. The van der Waals surface area contributed by atoms with Crippen LogP contribution >= 0.6 is 11.6 Å². The molecule has 2 rings (SSSR count). The van der Waals surface area contributed by atoms with Gasteiger partial charge in [0.25, 0.3) is 0 Å². The van der Waals surface area contributed by atoms with Crippen molar-refractivity contribution in [3.05, 3.63) is 70.5 Å². The molecule has 0 aliphatic rings. The summed E-state index contributed by atoms with van der Waals surface area (Å²) in [6, 6.07) is 11.2. The lowest BCUT2D eigenvalue weighted by molar-refractivity contribution is 0.0987. The standard InChI is InChI=1S/C16H14ClFO/c1-10-3-4-13(9-11(10)2)16(19)15(17)12-5-7-14(18)8-6-12/h3-9,15H,1-2H3. The lowest BCUT2D eigenvalue weighted by atomic mass is 9.99. The molecule has 0 radical (unpaired) electrons. The van der Waals surface area contributed by atoms with E-state index in [4.69, 9.17) is 11.6 Å². The van der Waals surface area contributed by atoms with Gasteiger partial charge in [-0.05, 0) is 48.7 Å². The molecule has 2 aromatic carbocycles. The van der Waals surface area contributed by atoms with E-state index < -0.39 is 5.38 Å². The summed E-state index contributed by atoms with van der Waals surface area (Å²) < 4.78 is 12.8. The molecule has 3 heteroatoms. The van der Waals surface area contributed by atoms with Gasteiger partial charge in [-0.15, -0.1) is 11.6 Å². The molecule has 1 atom stereocenters. The molecule has 0 spiro atoms. The van der Waals surface area contributed by atoms with E-state index in [0.717, 1.165) is 11.1 Å². The smallest absolute Gasteiger partial charge is 0.185 e. The highest BCUT2D eigenvalue weighted by Crippen LogP contribution is 2.26. The molecule has 0 saturated carbocycles. The molecular weight excluding hydrogens is 263 g/mol. The second-order valence-electron chi connectivity index (χ2n) is 4.58. The van der Waals surface area contributed by atoms with Gasteiger partial charge in [0.1, 0.15) is 11.2 Å². The molecule has 0 heterocycles. The van der Waals surface area contributed by atoms with Crippen molar-refractivity contribution < 1.29 is 9.18 Å². The quantitative estimate of drug-likeness (QED) is 0.591. The highest BCUT2D eigenvalue weighted by molar-refractivity contribution is 6.33. The molecule has 0 aliphatic carbocycles. The molecule has 98 valence electrons. The van der Waals surface area contributed by atoms with Crippen molar-refractivity contribution >= 4 is 17.4 Å². The van der Waals surface area contributed by atoms with Crippen molar-refractivity contribution in [2.75, 3.05) is 0 Å². The molecule has 1 unspecified atom stereocenters. The van der Waals surface area contributed by atoms with E-state index in [1.807, 2.05) is 26.0 Å². The predicted octanol–water partition coefficient (Wildman–Crippen LogP) is 4.61. The van der Waals surface area contributed by atoms with Crippen molar-refractivity contribution in [2.45, 2.75) is 19.2 Å². The van der Waals surface area contributed by atoms with Gasteiger partial charge in [0.15, 0.2) is 5.78 Å². The molecule has 2 aromatic rings. The first-order chi connectivity index (χ1) is 8.99. The Labute approximate surface area is 117 Å². The monoisotopic (exact) mass is 276 g/mol. The lowest BCUT2D eigenvalue weighted by Gasteiger charge is -2.10. The van der Waals surface area contributed by atoms with E-state index in [0.29, 0.717) is 11.1 Å². The summed E-state index contributed by atoms with van der Waals surface area (Å²) in [7, 11) is 0. The summed E-state index contributed by atoms with van der Waals surface area (Å²) in [6.07, 6.45) is 0. The minimum atomic E-state index is -0.789. The maximum atomic E-state index is 12.8. The normalized spacial score (nSPS) is 12.2. The Hall–Kier alpha value is -1.67. The summed E-state index contributed by atoms with van der Waals surface area (Å²) in [6.45, 7) is 3.94. The predicted molar refractivity (Wildman–Crippen MR) is 75.2 cm³/mol. The molecule has 0 aromatic heterocycles. The molecular formula is C16H14ClFO. The van der Waals surface area contributed by atoms with Crippen LogP contribution < -0.4 is 0 Å². The van der Waals surface area contributed by atoms with Crippen LogP contribution in [0.15, 0.2) is 42.5 Å². The fraction of sp³-hybridized carbons (Fsp3) is 0.188. The van der Waals surface area contributed by atoms with Gasteiger partial charge >= 0.3 is 0 Å². The van der Waals surface area contributed by atoms with Gasteiger partial charge in [0, 0.05) is 5.56 Å². The minimum absolute atomic E-state index is 0.170. The molecule has 0 aliphatic heterocycles. The van der Waals surface area contributed by atoms with E-state index in [1.54, 1.807) is 6.07 Å². The zero-order valence-electron chi connectivity index (χ0n) is 10.8. The van der Waals surface area contributed by atoms with E-state index in [2.05, 4.69) is 0 Å². The van der Waals surface area contributed by atoms with E-state index >= 15 is 0 Å². The van der Waals surface area contributed by atoms with Crippen LogP contribution in [0.5, 0.6) is 0 Å². The van der Waals surface area contributed by atoms with Crippen LogP contribution in [0.1, 0.15) is 32.4 Å². The highest BCUT2D eigenvalue weighted by Gasteiger charge is 2.19. The second-order valence-corrected chi connectivity index (χ2v) is 5.01. The maximum Gasteiger partial charge on any atom is 0.185 e. The Kier molecular flexibility index (Phi) is 4.01. The maximum absolute atomic E-state index is 12.8. The SMILES string of the molecule is Cc1ccc(C(=O)C(Cl)c2ccc(F)cc2)cc1C. The summed E-state index contributed by atoms with van der Waals surface area (Å²) in [5.41, 5.74) is 3.36. The summed E-state index contributed by atoms with van der Waals surface area (Å²) in [4.78, 5) is 12.3. The number of aryl methyl sites for hydroxylation is 2. The Balaban J connectivity index is 2.28. The topological polar surface area (TPSA) is 17.1 Å². The number of alkyl halides is 1. The molecule has 0 fully saturated rings. The van der Waals surface area contributed by atoms with Crippen molar-refractivity contribution in [2.24, 2.45) is 0 Å². The van der Waals surface area contributed by atoms with Gasteiger partial charge in [-0.3, -0.25) is 4.79 Å². The van der Waals surface area contributed by atoms with Crippen LogP contribution in [0, 0.1) is 19.7 Å². The van der Waals surface area contributed by atoms with Gasteiger partial charge in [-0.1, -0.05) is 24.3 Å². The largest absolute Gasteiger partial charge is 0.292 e. The van der Waals surface area contributed by atoms with E-state index in [-0.39, 0.29) is 11.6 Å². The molecule has 19 heavy (non-hydrogen) atoms. The zero-order chi connectivity index (χ0) is 14.0. The first-order valence-corrected chi connectivity index (χ1v) is 6.43. The van der Waals surface area contributed by atoms with E-state index in [1.165, 1.54) is 24.3 Å². The fourth-order valence-electron chi connectivity index (χ4n) is 1.82. The van der Waals surface area contributed by atoms with Gasteiger partial charge < -0.3 is 0 Å². The third-order valence-corrected chi connectivity index (χ3v) is 3.63. The molecule has 1 nitrogen and oxygen atoms in total. The number of benzene rings is 2. The van der Waals surface area contributed by atoms with Crippen LogP contribution in [-0.4, -0.2) is 5.78 Å². The van der Waals surface area contributed by atoms with Gasteiger partial charge in [-0.25, -0.2) is 4.39 Å². The summed E-state index contributed by atoms with van der Waals surface area (Å²) >= 11 is 6.16. The van der Waals surface area contributed by atoms with E-state index in [9.17, 15) is 9.18 Å². The zero-order valence-corrected chi connectivity index (χ0v) is 11.5. The fourth-order valence-corrected chi connectivity index (χ4v) is 2.10. The summed E-state index contributed by atoms with van der Waals surface area (Å²) in [5.74, 6) is -0.511. The number of hydrogen-bond donors (Lipinski definition) is 0. The van der Waals surface area contributed by atoms with Crippen molar-refractivity contribution in [1.82, 2.24) is 0 Å². The number of Topliss-reactive ketones (excluding diaryl/α,β-unsaturated/α-hetero) is 1. The average Bonchev–Trinajstić information content (AvgIpc) is 2.41. The molecule has 0 N–H and O–H groups in total. The third-order valence-electron chi connectivity index (χ3n) is 3.18. The third kappa shape index (κ3) is 3.02. The molecule has 0 saturated heterocycles. The Morgan fingerprint density at radius 3 is 2.26 bits per heavy atom. The average molecular weight is 277 g/mol. The van der Waals surface area contributed by atoms with Crippen LogP contribution in [0.3, 0.4) is 0 Å². The summed E-state index contributed by atoms with van der Waals surface area (Å²) in [5, 5.41) is -0.789. The second kappa shape index (κ2) is 5.54. The number of carbonyl (C=O) groups excluding carboxylic acids is 1. The number of rotatable bonds is 3. The molecule has 0 bridgehead atoms. The van der Waals surface area contributed by atoms with Gasteiger partial charge in [0.2, 0.25) is 0 Å². The molecule has 0 amide bonds. The van der Waals surface area contributed by atoms with Crippen molar-refractivity contribution in [3.8, 4) is 0 Å². The van der Waals surface area contributed by atoms with Crippen LogP contribution in [0.4, 0.5) is 4.39 Å². The first-order valence-electron chi connectivity index (χ1n) is 6.00.